The Balaban J connectivity index is 1.79. The maximum Gasteiger partial charge on any atom is 0.412 e. The van der Waals surface area contributed by atoms with Crippen molar-refractivity contribution in [2.24, 2.45) is 0 Å². The molecule has 0 heterocycles. The van der Waals surface area contributed by atoms with E-state index >= 15 is 0 Å². The highest BCUT2D eigenvalue weighted by Gasteiger charge is 2.18. The van der Waals surface area contributed by atoms with Gasteiger partial charge >= 0.3 is 12.1 Å². The van der Waals surface area contributed by atoms with E-state index in [0.717, 1.165) is 0 Å². The van der Waals surface area contributed by atoms with Gasteiger partial charge in [-0.05, 0) is 81.8 Å². The van der Waals surface area contributed by atoms with Crippen molar-refractivity contribution in [2.75, 3.05) is 30.5 Å². The normalized spacial score (nSPS) is 10.5. The highest BCUT2D eigenvalue weighted by molar-refractivity contribution is 6.08. The summed E-state index contributed by atoms with van der Waals surface area (Å²) in [6.07, 6.45) is -0.920. The fourth-order valence-corrected chi connectivity index (χ4v) is 4.07. The van der Waals surface area contributed by atoms with Crippen LogP contribution in [-0.2, 0) is 27.4 Å². The molecule has 234 valence electrons. The van der Waals surface area contributed by atoms with Gasteiger partial charge in [-0.15, -0.1) is 0 Å². The van der Waals surface area contributed by atoms with Gasteiger partial charge in [0.05, 0.1) is 31.5 Å². The van der Waals surface area contributed by atoms with Crippen molar-refractivity contribution in [3.63, 3.8) is 0 Å². The van der Waals surface area contributed by atoms with Crippen LogP contribution in [-0.4, -0.2) is 54.8 Å². The Morgan fingerprint density at radius 3 is 2.32 bits per heavy atom. The average Bonchev–Trinajstić information content (AvgIpc) is 2.99. The molecule has 3 aromatic carbocycles. The summed E-state index contributed by atoms with van der Waals surface area (Å²) in [4.78, 5) is 36.9. The molecular formula is C32H38N4O8. The molecular weight excluding hydrogens is 568 g/mol. The second kappa shape index (κ2) is 16.5. The number of esters is 1. The molecule has 0 fully saturated rings. The van der Waals surface area contributed by atoms with E-state index in [4.69, 9.17) is 24.4 Å². The molecule has 12 heteroatoms. The molecule has 0 spiro atoms. The average molecular weight is 607 g/mol. The number of aliphatic hydroxyl groups excluding tert-OH is 1. The van der Waals surface area contributed by atoms with Crippen LogP contribution in [0, 0.1) is 5.41 Å². The summed E-state index contributed by atoms with van der Waals surface area (Å²) in [5.41, 5.74) is 2.99. The monoisotopic (exact) mass is 606 g/mol. The number of ether oxygens (including phenoxy) is 4. The van der Waals surface area contributed by atoms with Crippen LogP contribution in [0.25, 0.3) is 0 Å². The maximum absolute atomic E-state index is 13.3. The predicted octanol–water partition coefficient (Wildman–Crippen LogP) is 4.84. The number of hydrogen-bond acceptors (Lipinski definition) is 10. The standard InChI is InChI=1S/C32H38N4O8/c1-5-41-28(38)19-43-29-23(15-21(18-37)16-27(29)44-20(3)4)17-34-26-10-8-7-9-25(26)31(39)35-24-13-11-22(12-14-24)30(33)36-32(40)42-6-2/h7-16,20,34,37H,5-6,17-19H2,1-4H3,(H,35,39)(H2,33,36,40). The van der Waals surface area contributed by atoms with E-state index < -0.39 is 12.1 Å². The zero-order valence-electron chi connectivity index (χ0n) is 25.2. The molecule has 12 nitrogen and oxygen atoms in total. The van der Waals surface area contributed by atoms with Crippen molar-refractivity contribution >= 4 is 35.2 Å². The lowest BCUT2D eigenvalue weighted by Crippen LogP contribution is -2.31. The number of aliphatic hydroxyl groups is 1. The Hall–Kier alpha value is -5.10. The molecule has 3 rings (SSSR count). The van der Waals surface area contributed by atoms with Crippen LogP contribution in [0.15, 0.2) is 60.7 Å². The summed E-state index contributed by atoms with van der Waals surface area (Å²) in [7, 11) is 0. The van der Waals surface area contributed by atoms with E-state index in [9.17, 15) is 19.5 Å². The van der Waals surface area contributed by atoms with Crippen molar-refractivity contribution in [2.45, 2.75) is 47.0 Å². The minimum absolute atomic E-state index is 0.131. The van der Waals surface area contributed by atoms with Gasteiger partial charge in [-0.2, -0.15) is 0 Å². The molecule has 0 bridgehead atoms. The summed E-state index contributed by atoms with van der Waals surface area (Å²) in [6.45, 7) is 7.09. The van der Waals surface area contributed by atoms with E-state index in [2.05, 4.69) is 16.0 Å². The summed E-state index contributed by atoms with van der Waals surface area (Å²) in [5, 5.41) is 26.3. The lowest BCUT2D eigenvalue weighted by Gasteiger charge is -2.20. The van der Waals surface area contributed by atoms with Crippen LogP contribution in [0.1, 0.15) is 54.7 Å². The fourth-order valence-electron chi connectivity index (χ4n) is 4.07. The Morgan fingerprint density at radius 1 is 0.955 bits per heavy atom. The number of rotatable bonds is 14. The van der Waals surface area contributed by atoms with Crippen molar-refractivity contribution in [3.05, 3.63) is 82.9 Å². The zero-order valence-corrected chi connectivity index (χ0v) is 25.2. The molecule has 0 saturated carbocycles. The van der Waals surface area contributed by atoms with Crippen LogP contribution in [0.3, 0.4) is 0 Å². The van der Waals surface area contributed by atoms with Gasteiger partial charge in [0.25, 0.3) is 5.91 Å². The number of amidine groups is 1. The van der Waals surface area contributed by atoms with Gasteiger partial charge in [0.2, 0.25) is 0 Å². The van der Waals surface area contributed by atoms with Crippen LogP contribution in [0.5, 0.6) is 11.5 Å². The lowest BCUT2D eigenvalue weighted by atomic mass is 10.1. The molecule has 0 aromatic heterocycles. The molecule has 0 aliphatic heterocycles. The predicted molar refractivity (Wildman–Crippen MR) is 165 cm³/mol. The number of amides is 2. The van der Waals surface area contributed by atoms with Gasteiger partial charge in [0.15, 0.2) is 18.1 Å². The number of nitrogens with one attached hydrogen (secondary N) is 4. The molecule has 0 atom stereocenters. The number of carbonyl (C=O) groups excluding carboxylic acids is 3. The fraction of sp³-hybridized carbons (Fsp3) is 0.312. The number of alkyl carbamates (subject to hydrolysis) is 1. The number of para-hydroxylation sites is 1. The first-order valence-corrected chi connectivity index (χ1v) is 14.1. The molecule has 0 radical (unpaired) electrons. The minimum Gasteiger partial charge on any atom is -0.487 e. The molecule has 5 N–H and O–H groups in total. The van der Waals surface area contributed by atoms with E-state index in [1.165, 1.54) is 0 Å². The van der Waals surface area contributed by atoms with Gasteiger partial charge in [-0.3, -0.25) is 15.5 Å². The van der Waals surface area contributed by atoms with E-state index in [-0.39, 0.29) is 50.8 Å². The summed E-state index contributed by atoms with van der Waals surface area (Å²) in [5.74, 6) is -0.356. The SMILES string of the molecule is CCOC(=O)COc1c(CNc2ccccc2C(=O)Nc2ccc(C(=N)NC(=O)OCC)cc2)cc(CO)cc1OC(C)C. The number of anilines is 2. The van der Waals surface area contributed by atoms with Gasteiger partial charge < -0.3 is 34.7 Å². The first-order chi connectivity index (χ1) is 21.1. The Bertz CT molecular complexity index is 1460. The van der Waals surface area contributed by atoms with Crippen LogP contribution < -0.4 is 25.4 Å². The Kier molecular flexibility index (Phi) is 12.5. The van der Waals surface area contributed by atoms with Crippen molar-refractivity contribution in [3.8, 4) is 11.5 Å². The molecule has 0 saturated heterocycles. The van der Waals surface area contributed by atoms with Gasteiger partial charge in [-0.1, -0.05) is 12.1 Å². The summed E-state index contributed by atoms with van der Waals surface area (Å²) in [6, 6.07) is 16.8. The lowest BCUT2D eigenvalue weighted by molar-refractivity contribution is -0.145. The Morgan fingerprint density at radius 2 is 1.66 bits per heavy atom. The van der Waals surface area contributed by atoms with Crippen molar-refractivity contribution in [1.82, 2.24) is 5.32 Å². The van der Waals surface area contributed by atoms with Gasteiger partial charge in [0.1, 0.15) is 5.84 Å². The molecule has 2 amide bonds. The maximum atomic E-state index is 13.3. The molecule has 3 aromatic rings. The second-order valence-electron chi connectivity index (χ2n) is 9.65. The molecule has 0 unspecified atom stereocenters. The smallest absolute Gasteiger partial charge is 0.412 e. The van der Waals surface area contributed by atoms with Crippen LogP contribution >= 0.6 is 0 Å². The Labute approximate surface area is 256 Å². The molecule has 0 aliphatic carbocycles. The summed E-state index contributed by atoms with van der Waals surface area (Å²) >= 11 is 0. The van der Waals surface area contributed by atoms with E-state index in [0.29, 0.717) is 45.1 Å². The zero-order chi connectivity index (χ0) is 32.1. The topological polar surface area (TPSA) is 168 Å². The minimum atomic E-state index is -0.719. The van der Waals surface area contributed by atoms with E-state index in [1.54, 1.807) is 74.5 Å². The van der Waals surface area contributed by atoms with Gasteiger partial charge in [0, 0.05) is 29.0 Å². The molecule has 44 heavy (non-hydrogen) atoms. The third kappa shape index (κ3) is 9.73. The second-order valence-corrected chi connectivity index (χ2v) is 9.65. The molecule has 0 aliphatic rings. The number of carbonyl (C=O) groups is 3. The highest BCUT2D eigenvalue weighted by atomic mass is 16.6. The number of benzene rings is 3. The quantitative estimate of drug-likeness (QED) is 0.0979. The summed E-state index contributed by atoms with van der Waals surface area (Å²) < 4.78 is 21.6. The third-order valence-corrected chi connectivity index (χ3v) is 5.95. The van der Waals surface area contributed by atoms with Crippen LogP contribution in [0.4, 0.5) is 16.2 Å². The largest absolute Gasteiger partial charge is 0.487 e. The first kappa shape index (κ1) is 33.4. The number of hydrogen-bond donors (Lipinski definition) is 5. The highest BCUT2D eigenvalue weighted by Crippen LogP contribution is 2.35. The third-order valence-electron chi connectivity index (χ3n) is 5.95. The van der Waals surface area contributed by atoms with Crippen LogP contribution in [0.2, 0.25) is 0 Å². The van der Waals surface area contributed by atoms with Gasteiger partial charge in [-0.25, -0.2) is 9.59 Å². The van der Waals surface area contributed by atoms with Crippen molar-refractivity contribution in [1.29, 1.82) is 5.41 Å². The van der Waals surface area contributed by atoms with Crippen molar-refractivity contribution < 1.29 is 38.4 Å². The first-order valence-electron chi connectivity index (χ1n) is 14.1. The van der Waals surface area contributed by atoms with E-state index in [1.807, 2.05) is 13.8 Å².